The molecule has 1 amide bonds. The van der Waals surface area contributed by atoms with E-state index in [1.807, 2.05) is 37.4 Å². The predicted molar refractivity (Wildman–Crippen MR) is 86.4 cm³/mol. The van der Waals surface area contributed by atoms with Crippen molar-refractivity contribution in [2.45, 2.75) is 26.4 Å². The fraction of sp³-hybridized carbons (Fsp3) is 0.375. The van der Waals surface area contributed by atoms with E-state index in [-0.39, 0.29) is 19.1 Å². The molecule has 6 heteroatoms. The first-order valence-corrected chi connectivity index (χ1v) is 8.17. The summed E-state index contributed by atoms with van der Waals surface area (Å²) >= 11 is 1.59. The van der Waals surface area contributed by atoms with Crippen molar-refractivity contribution >= 4 is 22.9 Å². The lowest BCUT2D eigenvalue weighted by atomic mass is 10.1. The van der Waals surface area contributed by atoms with Crippen molar-refractivity contribution in [3.8, 4) is 17.0 Å². The molecule has 1 aromatic heterocycles. The molecule has 0 spiro atoms. The lowest BCUT2D eigenvalue weighted by Crippen LogP contribution is -2.46. The Morgan fingerprint density at radius 1 is 1.45 bits per heavy atom. The van der Waals surface area contributed by atoms with Crippen LogP contribution in [0, 0.1) is 6.92 Å². The highest BCUT2D eigenvalue weighted by Gasteiger charge is 2.33. The highest BCUT2D eigenvalue weighted by atomic mass is 32.1. The number of thiazole rings is 1. The van der Waals surface area contributed by atoms with E-state index in [2.05, 4.69) is 4.98 Å². The van der Waals surface area contributed by atoms with Crippen molar-refractivity contribution in [1.82, 2.24) is 4.98 Å². The van der Waals surface area contributed by atoms with Gasteiger partial charge >= 0.3 is 0 Å². The van der Waals surface area contributed by atoms with Gasteiger partial charge in [0.2, 0.25) is 0 Å². The van der Waals surface area contributed by atoms with Gasteiger partial charge in [-0.3, -0.25) is 4.79 Å². The van der Waals surface area contributed by atoms with Crippen LogP contribution in [0.4, 0.5) is 5.69 Å². The van der Waals surface area contributed by atoms with Gasteiger partial charge in [-0.05, 0) is 31.5 Å². The van der Waals surface area contributed by atoms with Gasteiger partial charge in [0, 0.05) is 17.5 Å². The van der Waals surface area contributed by atoms with Crippen molar-refractivity contribution in [2.24, 2.45) is 0 Å². The van der Waals surface area contributed by atoms with Gasteiger partial charge in [0.15, 0.2) is 6.10 Å². The molecule has 22 heavy (non-hydrogen) atoms. The third-order valence-corrected chi connectivity index (χ3v) is 4.44. The highest BCUT2D eigenvalue weighted by Crippen LogP contribution is 2.38. The molecular weight excluding hydrogens is 300 g/mol. The topological polar surface area (TPSA) is 62.7 Å². The number of ether oxygens (including phenoxy) is 1. The van der Waals surface area contributed by atoms with E-state index >= 15 is 0 Å². The average molecular weight is 318 g/mol. The van der Waals surface area contributed by atoms with Gasteiger partial charge in [0.05, 0.1) is 23.0 Å². The first kappa shape index (κ1) is 15.0. The number of benzene rings is 1. The molecule has 0 saturated heterocycles. The van der Waals surface area contributed by atoms with Gasteiger partial charge in [0.25, 0.3) is 5.91 Å². The number of nitrogens with zero attached hydrogens (tertiary/aromatic N) is 2. The van der Waals surface area contributed by atoms with E-state index in [0.717, 1.165) is 16.3 Å². The highest BCUT2D eigenvalue weighted by molar-refractivity contribution is 7.09. The number of rotatable bonds is 4. The normalized spacial score (nSPS) is 17.3. The maximum Gasteiger partial charge on any atom is 0.268 e. The van der Waals surface area contributed by atoms with E-state index in [9.17, 15) is 9.90 Å². The molecule has 1 atom stereocenters. The molecule has 116 valence electrons. The molecule has 1 aliphatic heterocycles. The lowest BCUT2D eigenvalue weighted by molar-refractivity contribution is -0.126. The van der Waals surface area contributed by atoms with Gasteiger partial charge < -0.3 is 14.7 Å². The zero-order valence-corrected chi connectivity index (χ0v) is 13.4. The Bertz CT molecular complexity index is 698. The quantitative estimate of drug-likeness (QED) is 0.941. The van der Waals surface area contributed by atoms with Gasteiger partial charge in [0.1, 0.15) is 5.75 Å². The largest absolute Gasteiger partial charge is 0.478 e. The van der Waals surface area contributed by atoms with E-state index in [1.165, 1.54) is 0 Å². The van der Waals surface area contributed by atoms with Gasteiger partial charge in [-0.15, -0.1) is 11.3 Å². The number of aryl methyl sites for hydroxylation is 1. The van der Waals surface area contributed by atoms with Crippen LogP contribution in [0.1, 0.15) is 18.4 Å². The molecule has 5 nitrogen and oxygen atoms in total. The van der Waals surface area contributed by atoms with Gasteiger partial charge in [-0.1, -0.05) is 6.92 Å². The Labute approximate surface area is 133 Å². The summed E-state index contributed by atoms with van der Waals surface area (Å²) in [6.07, 6.45) is 0.124. The Kier molecular flexibility index (Phi) is 4.13. The van der Waals surface area contributed by atoms with Crippen LogP contribution in [0.15, 0.2) is 23.6 Å². The number of carbonyl (C=O) groups is 1. The molecule has 1 aliphatic rings. The predicted octanol–water partition coefficient (Wildman–Crippen LogP) is 2.61. The summed E-state index contributed by atoms with van der Waals surface area (Å²) in [5.74, 6) is 0.575. The van der Waals surface area contributed by atoms with Crippen LogP contribution in [-0.4, -0.2) is 35.3 Å². The van der Waals surface area contributed by atoms with Crippen molar-refractivity contribution in [3.63, 3.8) is 0 Å². The second-order valence-corrected chi connectivity index (χ2v) is 6.22. The summed E-state index contributed by atoms with van der Waals surface area (Å²) in [6, 6.07) is 5.73. The Morgan fingerprint density at radius 2 is 2.27 bits per heavy atom. The number of anilines is 1. The first-order chi connectivity index (χ1) is 10.6. The summed E-state index contributed by atoms with van der Waals surface area (Å²) in [6.45, 7) is 4.06. The number of aliphatic hydroxyl groups excluding tert-OH is 1. The zero-order chi connectivity index (χ0) is 15.7. The van der Waals surface area contributed by atoms with E-state index in [0.29, 0.717) is 17.9 Å². The number of aromatic nitrogens is 1. The van der Waals surface area contributed by atoms with Crippen LogP contribution in [0.3, 0.4) is 0 Å². The molecule has 2 aromatic rings. The second kappa shape index (κ2) is 6.06. The van der Waals surface area contributed by atoms with Crippen LogP contribution < -0.4 is 9.64 Å². The van der Waals surface area contributed by atoms with Gasteiger partial charge in [-0.25, -0.2) is 4.98 Å². The van der Waals surface area contributed by atoms with Crippen molar-refractivity contribution in [1.29, 1.82) is 0 Å². The average Bonchev–Trinajstić information content (AvgIpc) is 2.96. The smallest absolute Gasteiger partial charge is 0.268 e. The number of aliphatic hydroxyl groups is 1. The van der Waals surface area contributed by atoms with Crippen LogP contribution in [0.25, 0.3) is 11.3 Å². The van der Waals surface area contributed by atoms with Crippen LogP contribution in [-0.2, 0) is 4.79 Å². The van der Waals surface area contributed by atoms with E-state index in [4.69, 9.17) is 4.74 Å². The van der Waals surface area contributed by atoms with Crippen molar-refractivity contribution in [3.05, 3.63) is 28.6 Å². The minimum absolute atomic E-state index is 0.0817. The van der Waals surface area contributed by atoms with E-state index in [1.54, 1.807) is 16.2 Å². The standard InChI is InChI=1S/C16H18N2O3S/c1-3-14-16(20)18(6-7-19)13-8-11(4-5-15(13)21-14)12-9-22-10(2)17-12/h4-5,8-9,14,19H,3,6-7H2,1-2H3. The molecule has 1 aromatic carbocycles. The molecule has 0 bridgehead atoms. The number of fused-ring (bicyclic) bond motifs is 1. The molecule has 1 unspecified atom stereocenters. The molecule has 0 radical (unpaired) electrons. The molecular formula is C16H18N2O3S. The van der Waals surface area contributed by atoms with Crippen molar-refractivity contribution < 1.29 is 14.6 Å². The monoisotopic (exact) mass is 318 g/mol. The summed E-state index contributed by atoms with van der Waals surface area (Å²) in [4.78, 5) is 18.5. The fourth-order valence-corrected chi connectivity index (χ4v) is 3.19. The SMILES string of the molecule is CCC1Oc2ccc(-c3csc(C)n3)cc2N(CCO)C1=O. The maximum absolute atomic E-state index is 12.4. The molecule has 0 saturated carbocycles. The molecule has 2 heterocycles. The summed E-state index contributed by atoms with van der Waals surface area (Å²) in [7, 11) is 0. The summed E-state index contributed by atoms with van der Waals surface area (Å²) in [5.41, 5.74) is 2.53. The number of carbonyl (C=O) groups excluding carboxylic acids is 1. The third-order valence-electron chi connectivity index (χ3n) is 3.67. The molecule has 0 fully saturated rings. The summed E-state index contributed by atoms with van der Waals surface area (Å²) < 4.78 is 5.78. The van der Waals surface area contributed by atoms with Crippen LogP contribution >= 0.6 is 11.3 Å². The number of β-amino-alcohol motifs (C(OH)–C–C–N with tert-alkyl or cyclic N) is 1. The van der Waals surface area contributed by atoms with Crippen molar-refractivity contribution in [2.75, 3.05) is 18.1 Å². The molecule has 0 aliphatic carbocycles. The van der Waals surface area contributed by atoms with E-state index < -0.39 is 6.10 Å². The fourth-order valence-electron chi connectivity index (χ4n) is 2.57. The Hall–Kier alpha value is -1.92. The number of hydrogen-bond acceptors (Lipinski definition) is 5. The second-order valence-electron chi connectivity index (χ2n) is 5.16. The minimum atomic E-state index is -0.480. The zero-order valence-electron chi connectivity index (χ0n) is 12.6. The number of amides is 1. The minimum Gasteiger partial charge on any atom is -0.478 e. The molecule has 1 N–H and O–H groups in total. The maximum atomic E-state index is 12.4. The molecule has 3 rings (SSSR count). The Morgan fingerprint density at radius 3 is 2.91 bits per heavy atom. The van der Waals surface area contributed by atoms with Crippen LogP contribution in [0.5, 0.6) is 5.75 Å². The lowest BCUT2D eigenvalue weighted by Gasteiger charge is -2.34. The van der Waals surface area contributed by atoms with Gasteiger partial charge in [-0.2, -0.15) is 0 Å². The third kappa shape index (κ3) is 2.60. The van der Waals surface area contributed by atoms with Crippen LogP contribution in [0.2, 0.25) is 0 Å². The Balaban J connectivity index is 2.04. The number of hydrogen-bond donors (Lipinski definition) is 1. The summed E-state index contributed by atoms with van der Waals surface area (Å²) in [5, 5.41) is 12.3. The first-order valence-electron chi connectivity index (χ1n) is 7.29.